The first-order valence-corrected chi connectivity index (χ1v) is 8.86. The maximum atomic E-state index is 12.0. The minimum Gasteiger partial charge on any atom is -0.465 e. The number of hydrogen-bond acceptors (Lipinski definition) is 7. The number of ether oxygens (including phenoxy) is 2. The van der Waals surface area contributed by atoms with Crippen LogP contribution >= 0.6 is 0 Å². The fourth-order valence-corrected chi connectivity index (χ4v) is 2.69. The summed E-state index contributed by atoms with van der Waals surface area (Å²) in [5, 5.41) is 13.7. The van der Waals surface area contributed by atoms with Gasteiger partial charge in [-0.25, -0.2) is 0 Å². The van der Waals surface area contributed by atoms with Gasteiger partial charge in [-0.3, -0.25) is 14.4 Å². The van der Waals surface area contributed by atoms with Crippen molar-refractivity contribution in [2.45, 2.75) is 58.3 Å². The van der Waals surface area contributed by atoms with Crippen molar-refractivity contribution in [1.82, 2.24) is 5.32 Å². The fraction of sp³-hybridized carbons (Fsp3) is 0.765. The number of nitrogens with one attached hydrogen (secondary N) is 1. The molecule has 0 aliphatic heterocycles. The first kappa shape index (κ1) is 20.9. The van der Waals surface area contributed by atoms with Gasteiger partial charge in [0.1, 0.15) is 0 Å². The fourth-order valence-electron chi connectivity index (χ4n) is 2.69. The Hall–Kier alpha value is -2.12. The number of amides is 1. The van der Waals surface area contributed by atoms with E-state index in [1.165, 1.54) is 6.42 Å². The number of oxime groups is 1. The maximum Gasteiger partial charge on any atom is 0.324 e. The molecule has 2 N–H and O–H groups in total. The summed E-state index contributed by atoms with van der Waals surface area (Å²) in [5.41, 5.74) is 0. The largest absolute Gasteiger partial charge is 0.465 e. The number of unbranched alkanes of at least 4 members (excludes halogenated alkanes) is 1. The summed E-state index contributed by atoms with van der Waals surface area (Å²) in [6.07, 6.45) is 8.19. The molecule has 0 spiro atoms. The summed E-state index contributed by atoms with van der Waals surface area (Å²) >= 11 is 0. The van der Waals surface area contributed by atoms with Crippen LogP contribution in [0.2, 0.25) is 0 Å². The van der Waals surface area contributed by atoms with Crippen LogP contribution in [0.4, 0.5) is 0 Å². The molecule has 0 aromatic rings. The van der Waals surface area contributed by atoms with Crippen LogP contribution in [-0.2, 0) is 23.9 Å². The highest BCUT2D eigenvalue weighted by molar-refractivity contribution is 6.10. The van der Waals surface area contributed by atoms with E-state index in [4.69, 9.17) is 14.7 Å². The zero-order valence-electron chi connectivity index (χ0n) is 14.7. The van der Waals surface area contributed by atoms with Crippen LogP contribution in [0.25, 0.3) is 0 Å². The first-order valence-electron chi connectivity index (χ1n) is 8.86. The molecule has 1 aliphatic rings. The molecule has 1 amide bonds. The molecule has 8 heteroatoms. The third kappa shape index (κ3) is 8.51. The van der Waals surface area contributed by atoms with E-state index in [1.54, 1.807) is 0 Å². The summed E-state index contributed by atoms with van der Waals surface area (Å²) in [5.74, 6) is -2.95. The molecule has 0 aromatic heterocycles. The van der Waals surface area contributed by atoms with Crippen molar-refractivity contribution in [3.63, 3.8) is 0 Å². The Morgan fingerprint density at radius 3 is 2.60 bits per heavy atom. The van der Waals surface area contributed by atoms with Crippen LogP contribution in [0.3, 0.4) is 0 Å². The van der Waals surface area contributed by atoms with E-state index in [1.807, 2.05) is 6.92 Å². The van der Waals surface area contributed by atoms with Crippen molar-refractivity contribution >= 4 is 24.1 Å². The third-order valence-corrected chi connectivity index (χ3v) is 4.15. The minimum absolute atomic E-state index is 0.189. The van der Waals surface area contributed by atoms with Gasteiger partial charge in [0.05, 0.1) is 12.8 Å². The predicted molar refractivity (Wildman–Crippen MR) is 89.9 cm³/mol. The molecule has 142 valence electrons. The minimum atomic E-state index is -1.38. The van der Waals surface area contributed by atoms with Gasteiger partial charge in [-0.2, -0.15) is 0 Å². The molecular weight excluding hydrogens is 328 g/mol. The van der Waals surface area contributed by atoms with Crippen LogP contribution in [0.5, 0.6) is 0 Å². The molecule has 1 fully saturated rings. The smallest absolute Gasteiger partial charge is 0.324 e. The lowest BCUT2D eigenvalue weighted by Crippen LogP contribution is -2.39. The highest BCUT2D eigenvalue weighted by Crippen LogP contribution is 2.26. The van der Waals surface area contributed by atoms with Gasteiger partial charge in [-0.05, 0) is 25.2 Å². The molecular formula is C17H28N2O6. The van der Waals surface area contributed by atoms with Crippen LogP contribution in [-0.4, -0.2) is 42.6 Å². The second-order valence-electron chi connectivity index (χ2n) is 6.17. The molecule has 0 radical (unpaired) electrons. The van der Waals surface area contributed by atoms with Crippen LogP contribution in [0.15, 0.2) is 5.16 Å². The molecule has 0 saturated heterocycles. The normalized spacial score (nSPS) is 16.4. The second kappa shape index (κ2) is 12.3. The van der Waals surface area contributed by atoms with Gasteiger partial charge in [-0.15, -0.1) is 5.16 Å². The Labute approximate surface area is 147 Å². The van der Waals surface area contributed by atoms with E-state index in [2.05, 4.69) is 10.5 Å². The van der Waals surface area contributed by atoms with Crippen molar-refractivity contribution < 1.29 is 29.1 Å². The molecule has 1 rings (SSSR count). The van der Waals surface area contributed by atoms with Gasteiger partial charge >= 0.3 is 11.9 Å². The number of esters is 2. The molecule has 0 aromatic carbocycles. The van der Waals surface area contributed by atoms with E-state index in [-0.39, 0.29) is 19.3 Å². The summed E-state index contributed by atoms with van der Waals surface area (Å²) < 4.78 is 9.93. The lowest BCUT2D eigenvalue weighted by molar-refractivity contribution is -0.150. The highest BCUT2D eigenvalue weighted by atomic mass is 16.5. The summed E-state index contributed by atoms with van der Waals surface area (Å²) in [4.78, 5) is 35.6. The van der Waals surface area contributed by atoms with E-state index >= 15 is 0 Å². The Morgan fingerprint density at radius 2 is 1.96 bits per heavy atom. The average Bonchev–Trinajstić information content (AvgIpc) is 2.60. The van der Waals surface area contributed by atoms with Crippen molar-refractivity contribution in [1.29, 1.82) is 0 Å². The van der Waals surface area contributed by atoms with Crippen molar-refractivity contribution in [2.24, 2.45) is 17.0 Å². The number of carbonyl (C=O) groups excluding carboxylic acids is 3. The van der Waals surface area contributed by atoms with Gasteiger partial charge in [0.2, 0.25) is 5.91 Å². The molecule has 1 aliphatic carbocycles. The van der Waals surface area contributed by atoms with Gasteiger partial charge < -0.3 is 20.0 Å². The number of carbonyl (C=O) groups is 3. The van der Waals surface area contributed by atoms with E-state index < -0.39 is 17.8 Å². The summed E-state index contributed by atoms with van der Waals surface area (Å²) in [7, 11) is 0. The van der Waals surface area contributed by atoms with E-state index in [9.17, 15) is 14.4 Å². The molecule has 0 bridgehead atoms. The van der Waals surface area contributed by atoms with Gasteiger partial charge in [0.15, 0.2) is 12.6 Å². The standard InChI is InChI=1S/C17H28N2O6/c1-2-3-9-24-17(22)14(11-19-23)16(21)18-12-25-15(20)10-13-7-5-4-6-8-13/h11,13-14,23H,2-10,12H2,1H3,(H,18,21)/b19-11+. The predicted octanol–water partition coefficient (Wildman–Crippen LogP) is 1.99. The quantitative estimate of drug-likeness (QED) is 0.118. The number of rotatable bonds is 10. The Balaban J connectivity index is 2.33. The second-order valence-corrected chi connectivity index (χ2v) is 6.17. The van der Waals surface area contributed by atoms with Gasteiger partial charge in [0, 0.05) is 6.42 Å². The molecule has 25 heavy (non-hydrogen) atoms. The number of nitrogens with zero attached hydrogens (tertiary/aromatic N) is 1. The highest BCUT2D eigenvalue weighted by Gasteiger charge is 2.27. The van der Waals surface area contributed by atoms with Gasteiger partial charge in [-0.1, -0.05) is 32.6 Å². The van der Waals surface area contributed by atoms with E-state index in [0.717, 1.165) is 38.3 Å². The van der Waals surface area contributed by atoms with Crippen molar-refractivity contribution in [2.75, 3.05) is 13.3 Å². The summed E-state index contributed by atoms with van der Waals surface area (Å²) in [6, 6.07) is 0. The first-order chi connectivity index (χ1) is 12.1. The lowest BCUT2D eigenvalue weighted by Gasteiger charge is -2.20. The monoisotopic (exact) mass is 356 g/mol. The zero-order valence-corrected chi connectivity index (χ0v) is 14.7. The Bertz CT molecular complexity index is 460. The van der Waals surface area contributed by atoms with Crippen molar-refractivity contribution in [3.8, 4) is 0 Å². The molecule has 8 nitrogen and oxygen atoms in total. The Kier molecular flexibility index (Phi) is 10.3. The molecule has 1 saturated carbocycles. The van der Waals surface area contributed by atoms with Crippen LogP contribution in [0.1, 0.15) is 58.3 Å². The van der Waals surface area contributed by atoms with Crippen LogP contribution < -0.4 is 5.32 Å². The maximum absolute atomic E-state index is 12.0. The SMILES string of the molecule is CCCCOC(=O)C(/C=N/O)C(=O)NCOC(=O)CC1CCCCC1. The molecule has 1 atom stereocenters. The summed E-state index contributed by atoms with van der Waals surface area (Å²) in [6.45, 7) is 1.80. The van der Waals surface area contributed by atoms with Crippen LogP contribution in [0, 0.1) is 11.8 Å². The van der Waals surface area contributed by atoms with Gasteiger partial charge in [0.25, 0.3) is 0 Å². The number of hydrogen-bond donors (Lipinski definition) is 2. The Morgan fingerprint density at radius 1 is 1.24 bits per heavy atom. The lowest BCUT2D eigenvalue weighted by atomic mass is 9.87. The average molecular weight is 356 g/mol. The van der Waals surface area contributed by atoms with Crippen molar-refractivity contribution in [3.05, 3.63) is 0 Å². The molecule has 1 unspecified atom stereocenters. The molecule has 0 heterocycles. The topological polar surface area (TPSA) is 114 Å². The van der Waals surface area contributed by atoms with E-state index in [0.29, 0.717) is 18.8 Å². The third-order valence-electron chi connectivity index (χ3n) is 4.15. The zero-order chi connectivity index (χ0) is 18.5.